The molecule has 25 heavy (non-hydrogen) atoms. The van der Waals surface area contributed by atoms with Crippen LogP contribution in [0, 0.1) is 0 Å². The number of benzene rings is 1. The Morgan fingerprint density at radius 2 is 2.24 bits per heavy atom. The molecular formula is C19H23N3O2S. The molecule has 1 aromatic heterocycles. The fraction of sp³-hybridized carbons (Fsp3) is 0.368. The number of aliphatic hydroxyl groups is 1. The number of amides is 1. The summed E-state index contributed by atoms with van der Waals surface area (Å²) in [4.78, 5) is 18.5. The lowest BCUT2D eigenvalue weighted by Gasteiger charge is -2.29. The van der Waals surface area contributed by atoms with Gasteiger partial charge < -0.3 is 10.4 Å². The van der Waals surface area contributed by atoms with Gasteiger partial charge in [0.25, 0.3) is 0 Å². The first-order chi connectivity index (χ1) is 12.2. The molecule has 132 valence electrons. The van der Waals surface area contributed by atoms with E-state index >= 15 is 0 Å². The van der Waals surface area contributed by atoms with Crippen LogP contribution >= 0.6 is 11.8 Å². The first-order valence-corrected chi connectivity index (χ1v) is 9.50. The van der Waals surface area contributed by atoms with Gasteiger partial charge in [0.05, 0.1) is 17.7 Å². The summed E-state index contributed by atoms with van der Waals surface area (Å²) in [7, 11) is 0. The molecular weight excluding hydrogens is 334 g/mol. The Labute approximate surface area is 152 Å². The van der Waals surface area contributed by atoms with Crippen molar-refractivity contribution in [2.45, 2.75) is 29.7 Å². The summed E-state index contributed by atoms with van der Waals surface area (Å²) in [5.41, 5.74) is 1.95. The third-order valence-electron chi connectivity index (χ3n) is 4.08. The molecule has 2 aromatic rings. The molecule has 2 N–H and O–H groups in total. The topological polar surface area (TPSA) is 65.5 Å². The Kier molecular flexibility index (Phi) is 6.44. The van der Waals surface area contributed by atoms with Crippen molar-refractivity contribution < 1.29 is 9.90 Å². The van der Waals surface area contributed by atoms with Crippen LogP contribution in [0.3, 0.4) is 0 Å². The lowest BCUT2D eigenvalue weighted by Crippen LogP contribution is -2.42. The molecule has 0 bridgehead atoms. The van der Waals surface area contributed by atoms with Crippen LogP contribution in [-0.4, -0.2) is 46.6 Å². The highest BCUT2D eigenvalue weighted by atomic mass is 32.2. The van der Waals surface area contributed by atoms with Gasteiger partial charge in [-0.1, -0.05) is 18.2 Å². The minimum absolute atomic E-state index is 0.0383. The fourth-order valence-electron chi connectivity index (χ4n) is 2.91. The van der Waals surface area contributed by atoms with Crippen LogP contribution in [0.25, 0.3) is 0 Å². The summed E-state index contributed by atoms with van der Waals surface area (Å²) in [6.07, 6.45) is 3.24. The third-order valence-corrected chi connectivity index (χ3v) is 5.10. The Morgan fingerprint density at radius 3 is 3.04 bits per heavy atom. The number of carbonyl (C=O) groups excluding carboxylic acids is 1. The van der Waals surface area contributed by atoms with Crippen molar-refractivity contribution in [3.05, 3.63) is 54.2 Å². The van der Waals surface area contributed by atoms with Gasteiger partial charge in [-0.25, -0.2) is 4.98 Å². The standard InChI is InChI=1S/C19H23N3O2S/c23-17-7-4-10-22(12-17)13-18(24)21-16-6-3-5-15(11-16)14-25-19-8-1-2-9-20-19/h1-3,5-6,8-9,11,17,23H,4,7,10,12-14H2,(H,21,24)/t17-/m0/s1. The number of hydrogen-bond donors (Lipinski definition) is 2. The predicted molar refractivity (Wildman–Crippen MR) is 101 cm³/mol. The van der Waals surface area contributed by atoms with Gasteiger partial charge in [-0.15, -0.1) is 11.8 Å². The Balaban J connectivity index is 1.51. The quantitative estimate of drug-likeness (QED) is 0.778. The second kappa shape index (κ2) is 8.99. The summed E-state index contributed by atoms with van der Waals surface area (Å²) in [5.74, 6) is 0.766. The second-order valence-electron chi connectivity index (χ2n) is 6.24. The van der Waals surface area contributed by atoms with Crippen LogP contribution in [0.15, 0.2) is 53.7 Å². The van der Waals surface area contributed by atoms with Gasteiger partial charge in [0, 0.05) is 24.2 Å². The molecule has 1 aliphatic heterocycles. The number of aliphatic hydroxyl groups excluding tert-OH is 1. The number of rotatable bonds is 6. The first kappa shape index (κ1) is 17.9. The van der Waals surface area contributed by atoms with E-state index in [1.54, 1.807) is 18.0 Å². The van der Waals surface area contributed by atoms with Crippen molar-refractivity contribution in [3.8, 4) is 0 Å². The smallest absolute Gasteiger partial charge is 0.238 e. The number of thioether (sulfide) groups is 1. The Hall–Kier alpha value is -1.89. The zero-order valence-electron chi connectivity index (χ0n) is 14.1. The second-order valence-corrected chi connectivity index (χ2v) is 7.23. The van der Waals surface area contributed by atoms with Crippen LogP contribution in [0.2, 0.25) is 0 Å². The number of likely N-dealkylation sites (tertiary alicyclic amines) is 1. The molecule has 1 aromatic carbocycles. The summed E-state index contributed by atoms with van der Waals surface area (Å²) in [6.45, 7) is 1.77. The van der Waals surface area contributed by atoms with Gasteiger partial charge in [-0.2, -0.15) is 0 Å². The molecule has 1 fully saturated rings. The van der Waals surface area contributed by atoms with Crippen molar-refractivity contribution in [1.82, 2.24) is 9.88 Å². The lowest BCUT2D eigenvalue weighted by molar-refractivity contribution is -0.118. The van der Waals surface area contributed by atoms with Gasteiger partial charge in [0.1, 0.15) is 0 Å². The van der Waals surface area contributed by atoms with Crippen LogP contribution in [0.1, 0.15) is 18.4 Å². The van der Waals surface area contributed by atoms with E-state index in [-0.39, 0.29) is 12.0 Å². The van der Waals surface area contributed by atoms with Gasteiger partial charge >= 0.3 is 0 Å². The van der Waals surface area contributed by atoms with Crippen molar-refractivity contribution in [3.63, 3.8) is 0 Å². The number of nitrogens with one attached hydrogen (secondary N) is 1. The number of β-amino-alcohol motifs (C(OH)–C–C–N with tert-alkyl or cyclic N) is 1. The van der Waals surface area contributed by atoms with Gasteiger partial charge in [0.2, 0.25) is 5.91 Å². The van der Waals surface area contributed by atoms with Crippen LogP contribution in [0.4, 0.5) is 5.69 Å². The molecule has 1 aliphatic rings. The number of nitrogens with zero attached hydrogens (tertiary/aromatic N) is 2. The Bertz CT molecular complexity index is 696. The molecule has 3 rings (SSSR count). The molecule has 1 amide bonds. The molecule has 0 saturated carbocycles. The van der Waals surface area contributed by atoms with Gasteiger partial charge in [0.15, 0.2) is 0 Å². The largest absolute Gasteiger partial charge is 0.392 e. The van der Waals surface area contributed by atoms with E-state index in [1.807, 2.05) is 47.4 Å². The maximum Gasteiger partial charge on any atom is 0.238 e. The van der Waals surface area contributed by atoms with E-state index < -0.39 is 0 Å². The lowest BCUT2D eigenvalue weighted by atomic mass is 10.1. The molecule has 0 spiro atoms. The molecule has 0 aliphatic carbocycles. The summed E-state index contributed by atoms with van der Waals surface area (Å²) < 4.78 is 0. The van der Waals surface area contributed by atoms with Crippen molar-refractivity contribution in [2.24, 2.45) is 0 Å². The summed E-state index contributed by atoms with van der Waals surface area (Å²) >= 11 is 1.67. The highest BCUT2D eigenvalue weighted by Gasteiger charge is 2.19. The maximum absolute atomic E-state index is 12.2. The number of anilines is 1. The minimum Gasteiger partial charge on any atom is -0.392 e. The molecule has 0 radical (unpaired) electrons. The normalized spacial score (nSPS) is 18.0. The number of hydrogen-bond acceptors (Lipinski definition) is 5. The average Bonchev–Trinajstić information content (AvgIpc) is 2.61. The molecule has 5 nitrogen and oxygen atoms in total. The van der Waals surface area contributed by atoms with Crippen molar-refractivity contribution >= 4 is 23.4 Å². The number of piperidine rings is 1. The minimum atomic E-state index is -0.312. The van der Waals surface area contributed by atoms with E-state index in [2.05, 4.69) is 10.3 Å². The monoisotopic (exact) mass is 357 g/mol. The van der Waals surface area contributed by atoms with E-state index in [1.165, 1.54) is 0 Å². The van der Waals surface area contributed by atoms with E-state index in [0.717, 1.165) is 41.4 Å². The molecule has 1 atom stereocenters. The van der Waals surface area contributed by atoms with Gasteiger partial charge in [-0.3, -0.25) is 9.69 Å². The first-order valence-electron chi connectivity index (χ1n) is 8.52. The molecule has 2 heterocycles. The molecule has 6 heteroatoms. The Morgan fingerprint density at radius 1 is 1.32 bits per heavy atom. The number of pyridine rings is 1. The van der Waals surface area contributed by atoms with Crippen molar-refractivity contribution in [1.29, 1.82) is 0 Å². The van der Waals surface area contributed by atoms with Crippen LogP contribution in [0.5, 0.6) is 0 Å². The maximum atomic E-state index is 12.2. The third kappa shape index (κ3) is 5.85. The highest BCUT2D eigenvalue weighted by molar-refractivity contribution is 7.98. The molecule has 1 saturated heterocycles. The number of carbonyl (C=O) groups is 1. The van der Waals surface area contributed by atoms with Crippen LogP contribution < -0.4 is 5.32 Å². The SMILES string of the molecule is O=C(CN1CCC[C@H](O)C1)Nc1cccc(CSc2ccccn2)c1. The molecule has 0 unspecified atom stereocenters. The van der Waals surface area contributed by atoms with Crippen molar-refractivity contribution in [2.75, 3.05) is 25.0 Å². The van der Waals surface area contributed by atoms with E-state index in [4.69, 9.17) is 0 Å². The fourth-order valence-corrected chi connectivity index (χ4v) is 3.71. The van der Waals surface area contributed by atoms with Crippen LogP contribution in [-0.2, 0) is 10.5 Å². The highest BCUT2D eigenvalue weighted by Crippen LogP contribution is 2.22. The average molecular weight is 357 g/mol. The predicted octanol–water partition coefficient (Wildman–Crippen LogP) is 2.77. The van der Waals surface area contributed by atoms with E-state index in [9.17, 15) is 9.90 Å². The summed E-state index contributed by atoms with van der Waals surface area (Å²) in [6, 6.07) is 13.8. The van der Waals surface area contributed by atoms with Gasteiger partial charge in [-0.05, 0) is 49.2 Å². The zero-order chi connectivity index (χ0) is 17.5. The summed E-state index contributed by atoms with van der Waals surface area (Å²) in [5, 5.41) is 13.6. The number of aromatic nitrogens is 1. The van der Waals surface area contributed by atoms with E-state index in [0.29, 0.717) is 13.1 Å². The zero-order valence-corrected chi connectivity index (χ0v) is 14.9.